The maximum Gasteiger partial charge on any atom is 0.226 e. The lowest BCUT2D eigenvalue weighted by Crippen LogP contribution is -2.43. The zero-order chi connectivity index (χ0) is 18.7. The molecule has 0 fully saturated rings. The first-order valence-corrected chi connectivity index (χ1v) is 8.61. The van der Waals surface area contributed by atoms with Gasteiger partial charge in [-0.15, -0.1) is 0 Å². The highest BCUT2D eigenvalue weighted by atomic mass is 16.5. The number of carbonyl (C=O) groups is 2. The van der Waals surface area contributed by atoms with Gasteiger partial charge in [-0.05, 0) is 18.2 Å². The standard InChI is InChI=1S/C19H29N3O3/c1-13-11-22(6)19(24)10-15-9-16(20(3)4)7-8-17(15)25-18(13)12-21(5)14(2)23/h7-9,13,18H,10-12H2,1-6H3/t13-,18-/m1/s1. The molecule has 6 nitrogen and oxygen atoms in total. The average Bonchev–Trinajstić information content (AvgIpc) is 2.57. The van der Waals surface area contributed by atoms with Crippen LogP contribution in [0.15, 0.2) is 18.2 Å². The fourth-order valence-electron chi connectivity index (χ4n) is 2.94. The summed E-state index contributed by atoms with van der Waals surface area (Å²) in [6, 6.07) is 5.92. The van der Waals surface area contributed by atoms with Gasteiger partial charge in [-0.2, -0.15) is 0 Å². The maximum atomic E-state index is 12.5. The number of nitrogens with zero attached hydrogens (tertiary/aromatic N) is 3. The third-order valence-electron chi connectivity index (χ3n) is 4.79. The minimum Gasteiger partial charge on any atom is -0.488 e. The predicted molar refractivity (Wildman–Crippen MR) is 99.0 cm³/mol. The molecule has 25 heavy (non-hydrogen) atoms. The highest BCUT2D eigenvalue weighted by Crippen LogP contribution is 2.29. The summed E-state index contributed by atoms with van der Waals surface area (Å²) in [7, 11) is 7.54. The van der Waals surface area contributed by atoms with Crippen LogP contribution in [0.25, 0.3) is 0 Å². The van der Waals surface area contributed by atoms with Crippen molar-refractivity contribution in [1.82, 2.24) is 9.80 Å². The van der Waals surface area contributed by atoms with Crippen molar-refractivity contribution in [3.05, 3.63) is 23.8 Å². The fraction of sp³-hybridized carbons (Fsp3) is 0.579. The third kappa shape index (κ3) is 4.65. The van der Waals surface area contributed by atoms with E-state index < -0.39 is 0 Å². The number of likely N-dealkylation sites (N-methyl/N-ethyl adjacent to an activating group) is 2. The molecule has 0 spiro atoms. The molecule has 2 amide bonds. The van der Waals surface area contributed by atoms with Crippen molar-refractivity contribution in [2.45, 2.75) is 26.4 Å². The second-order valence-corrected chi connectivity index (χ2v) is 7.17. The van der Waals surface area contributed by atoms with E-state index in [0.29, 0.717) is 19.5 Å². The van der Waals surface area contributed by atoms with Crippen LogP contribution in [0.1, 0.15) is 19.4 Å². The van der Waals surface area contributed by atoms with Crippen molar-refractivity contribution < 1.29 is 14.3 Å². The van der Waals surface area contributed by atoms with Crippen molar-refractivity contribution in [3.63, 3.8) is 0 Å². The Hall–Kier alpha value is -2.24. The fourth-order valence-corrected chi connectivity index (χ4v) is 2.94. The summed E-state index contributed by atoms with van der Waals surface area (Å²) in [5.41, 5.74) is 1.91. The first kappa shape index (κ1) is 19.1. The molecular weight excluding hydrogens is 318 g/mol. The van der Waals surface area contributed by atoms with E-state index in [4.69, 9.17) is 4.74 Å². The topological polar surface area (TPSA) is 53.1 Å². The number of benzene rings is 1. The molecular formula is C19H29N3O3. The lowest BCUT2D eigenvalue weighted by molar-refractivity contribution is -0.131. The molecule has 2 rings (SSSR count). The molecule has 0 unspecified atom stereocenters. The molecule has 1 aromatic rings. The largest absolute Gasteiger partial charge is 0.488 e. The molecule has 1 aliphatic rings. The number of ether oxygens (including phenoxy) is 1. The van der Waals surface area contributed by atoms with E-state index >= 15 is 0 Å². The van der Waals surface area contributed by atoms with Gasteiger partial charge in [0.1, 0.15) is 11.9 Å². The van der Waals surface area contributed by atoms with Gasteiger partial charge < -0.3 is 19.4 Å². The van der Waals surface area contributed by atoms with Crippen molar-refractivity contribution >= 4 is 17.5 Å². The monoisotopic (exact) mass is 347 g/mol. The Kier molecular flexibility index (Phi) is 5.93. The maximum absolute atomic E-state index is 12.5. The van der Waals surface area contributed by atoms with E-state index in [1.54, 1.807) is 23.8 Å². The van der Waals surface area contributed by atoms with Gasteiger partial charge in [0.2, 0.25) is 11.8 Å². The van der Waals surface area contributed by atoms with E-state index in [0.717, 1.165) is 17.0 Å². The third-order valence-corrected chi connectivity index (χ3v) is 4.79. The van der Waals surface area contributed by atoms with Crippen LogP contribution >= 0.6 is 0 Å². The number of carbonyl (C=O) groups excluding carboxylic acids is 2. The Morgan fingerprint density at radius 1 is 1.32 bits per heavy atom. The second-order valence-electron chi connectivity index (χ2n) is 7.17. The molecule has 0 N–H and O–H groups in total. The van der Waals surface area contributed by atoms with Crippen LogP contribution in [-0.2, 0) is 16.0 Å². The number of rotatable bonds is 3. The lowest BCUT2D eigenvalue weighted by Gasteiger charge is -2.30. The number of hydrogen-bond donors (Lipinski definition) is 0. The van der Waals surface area contributed by atoms with Gasteiger partial charge >= 0.3 is 0 Å². The van der Waals surface area contributed by atoms with Crippen LogP contribution in [0.2, 0.25) is 0 Å². The minimum absolute atomic E-state index is 0.00304. The van der Waals surface area contributed by atoms with Crippen molar-refractivity contribution in [2.75, 3.05) is 46.2 Å². The predicted octanol–water partition coefficient (Wildman–Crippen LogP) is 1.63. The number of anilines is 1. The molecule has 1 aromatic carbocycles. The summed E-state index contributed by atoms with van der Waals surface area (Å²) in [4.78, 5) is 29.6. The number of hydrogen-bond acceptors (Lipinski definition) is 4. The Labute approximate surface area is 150 Å². The van der Waals surface area contributed by atoms with Crippen molar-refractivity contribution in [3.8, 4) is 5.75 Å². The van der Waals surface area contributed by atoms with Crippen molar-refractivity contribution in [1.29, 1.82) is 0 Å². The zero-order valence-electron chi connectivity index (χ0n) is 16.1. The summed E-state index contributed by atoms with van der Waals surface area (Å²) in [5.74, 6) is 0.912. The summed E-state index contributed by atoms with van der Waals surface area (Å²) >= 11 is 0. The molecule has 1 heterocycles. The van der Waals surface area contributed by atoms with Crippen molar-refractivity contribution in [2.24, 2.45) is 5.92 Å². The second kappa shape index (κ2) is 7.76. The van der Waals surface area contributed by atoms with Gasteiger partial charge in [0.25, 0.3) is 0 Å². The molecule has 138 valence electrons. The highest BCUT2D eigenvalue weighted by molar-refractivity contribution is 5.80. The Bertz CT molecular complexity index is 645. The SMILES string of the molecule is CC(=O)N(C)C[C@H]1Oc2ccc(N(C)C)cc2CC(=O)N(C)C[C@H]1C. The van der Waals surface area contributed by atoms with Gasteiger partial charge in [-0.3, -0.25) is 9.59 Å². The average molecular weight is 347 g/mol. The highest BCUT2D eigenvalue weighted by Gasteiger charge is 2.28. The molecule has 0 aliphatic carbocycles. The summed E-state index contributed by atoms with van der Waals surface area (Å²) < 4.78 is 6.29. The molecule has 0 aromatic heterocycles. The van der Waals surface area contributed by atoms with Gasteiger partial charge in [0.05, 0.1) is 13.0 Å². The normalized spacial score (nSPS) is 20.7. The van der Waals surface area contributed by atoms with Crippen LogP contribution in [-0.4, -0.2) is 69.0 Å². The lowest BCUT2D eigenvalue weighted by atomic mass is 10.0. The number of amides is 2. The first-order valence-electron chi connectivity index (χ1n) is 8.61. The quantitative estimate of drug-likeness (QED) is 0.834. The molecule has 0 saturated heterocycles. The first-order chi connectivity index (χ1) is 11.7. The molecule has 1 aliphatic heterocycles. The molecule has 0 saturated carbocycles. The molecule has 2 atom stereocenters. The Morgan fingerprint density at radius 3 is 2.60 bits per heavy atom. The zero-order valence-corrected chi connectivity index (χ0v) is 16.1. The van der Waals surface area contributed by atoms with Crippen LogP contribution in [0.4, 0.5) is 5.69 Å². The van der Waals surface area contributed by atoms with Crippen LogP contribution in [0, 0.1) is 5.92 Å². The summed E-state index contributed by atoms with van der Waals surface area (Å²) in [5, 5.41) is 0. The van der Waals surface area contributed by atoms with E-state index in [2.05, 4.69) is 6.92 Å². The van der Waals surface area contributed by atoms with Gasteiger partial charge in [0, 0.05) is 58.8 Å². The van der Waals surface area contributed by atoms with Gasteiger partial charge in [0.15, 0.2) is 0 Å². The van der Waals surface area contributed by atoms with Gasteiger partial charge in [-0.25, -0.2) is 0 Å². The Balaban J connectivity index is 2.39. The van der Waals surface area contributed by atoms with Crippen LogP contribution in [0.3, 0.4) is 0 Å². The van der Waals surface area contributed by atoms with E-state index in [-0.39, 0.29) is 23.8 Å². The summed E-state index contributed by atoms with van der Waals surface area (Å²) in [6.45, 7) is 4.70. The smallest absolute Gasteiger partial charge is 0.226 e. The van der Waals surface area contributed by atoms with E-state index in [9.17, 15) is 9.59 Å². The van der Waals surface area contributed by atoms with Crippen LogP contribution in [0.5, 0.6) is 5.75 Å². The number of fused-ring (bicyclic) bond motifs is 1. The molecule has 6 heteroatoms. The van der Waals surface area contributed by atoms with Crippen LogP contribution < -0.4 is 9.64 Å². The minimum atomic E-state index is -0.175. The summed E-state index contributed by atoms with van der Waals surface area (Å²) in [6.07, 6.45) is 0.140. The Morgan fingerprint density at radius 2 is 2.00 bits per heavy atom. The van der Waals surface area contributed by atoms with E-state index in [1.165, 1.54) is 0 Å². The molecule has 0 bridgehead atoms. The van der Waals surface area contributed by atoms with Gasteiger partial charge in [-0.1, -0.05) is 6.92 Å². The molecule has 0 radical (unpaired) electrons. The van der Waals surface area contributed by atoms with E-state index in [1.807, 2.05) is 44.2 Å².